The van der Waals surface area contributed by atoms with Gasteiger partial charge in [0.25, 0.3) is 0 Å². The summed E-state index contributed by atoms with van der Waals surface area (Å²) >= 11 is 0. The van der Waals surface area contributed by atoms with E-state index in [4.69, 9.17) is 10.2 Å². The number of aliphatic hydroxyl groups is 2. The molecule has 0 saturated heterocycles. The number of carboxylic acid groups (broad SMARTS) is 1. The fourth-order valence-electron chi connectivity index (χ4n) is 1.26. The molecule has 0 fully saturated rings. The normalized spacial score (nSPS) is 12.5. The predicted octanol–water partition coefficient (Wildman–Crippen LogP) is 0.0633. The van der Waals surface area contributed by atoms with E-state index in [9.17, 15) is 9.90 Å². The molecule has 1 heterocycles. The molecule has 18 heavy (non-hydrogen) atoms. The minimum atomic E-state index is -1.17. The Hall–Kier alpha value is -1.73. The van der Waals surface area contributed by atoms with Gasteiger partial charge in [-0.2, -0.15) is 0 Å². The highest BCUT2D eigenvalue weighted by Crippen LogP contribution is 2.16. The first-order valence-electron chi connectivity index (χ1n) is 5.58. The zero-order valence-electron chi connectivity index (χ0n) is 10.3. The second-order valence-corrected chi connectivity index (χ2v) is 4.17. The van der Waals surface area contributed by atoms with E-state index >= 15 is 0 Å². The number of rotatable bonds is 6. The summed E-state index contributed by atoms with van der Waals surface area (Å²) in [4.78, 5) is 19.1. The zero-order chi connectivity index (χ0) is 13.7. The third kappa shape index (κ3) is 3.64. The molecule has 0 aromatic carbocycles. The van der Waals surface area contributed by atoms with E-state index in [0.29, 0.717) is 5.82 Å². The molecule has 0 spiro atoms. The highest BCUT2D eigenvalue weighted by Gasteiger charge is 2.16. The van der Waals surface area contributed by atoms with Crippen molar-refractivity contribution in [3.05, 3.63) is 17.7 Å². The Morgan fingerprint density at radius 1 is 1.50 bits per heavy atom. The van der Waals surface area contributed by atoms with Gasteiger partial charge >= 0.3 is 5.97 Å². The molecule has 4 N–H and O–H groups in total. The minimum Gasteiger partial charge on any atom is -0.476 e. The molecule has 1 atom stereocenters. The van der Waals surface area contributed by atoms with Crippen molar-refractivity contribution in [1.29, 1.82) is 0 Å². The molecule has 1 unspecified atom stereocenters. The van der Waals surface area contributed by atoms with Gasteiger partial charge in [-0.3, -0.25) is 0 Å². The molecule has 0 radical (unpaired) electrons. The number of carboxylic acids is 1. The zero-order valence-corrected chi connectivity index (χ0v) is 10.3. The summed E-state index contributed by atoms with van der Waals surface area (Å²) in [5, 5.41) is 29.6. The number of carbonyl (C=O) groups is 1. The van der Waals surface area contributed by atoms with Gasteiger partial charge in [0.15, 0.2) is 5.69 Å². The summed E-state index contributed by atoms with van der Waals surface area (Å²) in [5.41, 5.74) is 0.0817. The Morgan fingerprint density at radius 2 is 2.17 bits per heavy atom. The number of anilines is 1. The van der Waals surface area contributed by atoms with Gasteiger partial charge in [-0.15, -0.1) is 0 Å². The molecule has 7 nitrogen and oxygen atoms in total. The standard InChI is InChI=1S/C11H17N3O4/c1-6(2)10-13-4-8(9(14-10)11(17)18)12-3-7(16)5-15/h4,6-7,12,15-16H,3,5H2,1-2H3,(H,17,18). The Kier molecular flexibility index (Phi) is 4.99. The van der Waals surface area contributed by atoms with Crippen LogP contribution in [0.4, 0.5) is 5.69 Å². The number of hydrogen-bond acceptors (Lipinski definition) is 6. The van der Waals surface area contributed by atoms with Crippen LogP contribution in [0.1, 0.15) is 36.1 Å². The first-order valence-corrected chi connectivity index (χ1v) is 5.58. The molecule has 0 aliphatic rings. The van der Waals surface area contributed by atoms with Crippen molar-refractivity contribution in [2.24, 2.45) is 0 Å². The highest BCUT2D eigenvalue weighted by molar-refractivity contribution is 5.91. The lowest BCUT2D eigenvalue weighted by atomic mass is 10.2. The first kappa shape index (κ1) is 14.3. The topological polar surface area (TPSA) is 116 Å². The van der Waals surface area contributed by atoms with Crippen LogP contribution in [0, 0.1) is 0 Å². The Labute approximate surface area is 105 Å². The molecule has 0 saturated carbocycles. The maximum absolute atomic E-state index is 11.1. The molecule has 0 aliphatic heterocycles. The van der Waals surface area contributed by atoms with Crippen molar-refractivity contribution < 1.29 is 20.1 Å². The van der Waals surface area contributed by atoms with Gasteiger partial charge in [-0.05, 0) is 0 Å². The quantitative estimate of drug-likeness (QED) is 0.568. The molecular weight excluding hydrogens is 238 g/mol. The lowest BCUT2D eigenvalue weighted by molar-refractivity contribution is 0.0690. The second-order valence-electron chi connectivity index (χ2n) is 4.17. The molecule has 7 heteroatoms. The monoisotopic (exact) mass is 255 g/mol. The number of aliphatic hydroxyl groups excluding tert-OH is 2. The van der Waals surface area contributed by atoms with E-state index in [1.54, 1.807) is 0 Å². The van der Waals surface area contributed by atoms with Crippen LogP contribution in [0.3, 0.4) is 0 Å². The smallest absolute Gasteiger partial charge is 0.356 e. The van der Waals surface area contributed by atoms with Gasteiger partial charge in [-0.25, -0.2) is 14.8 Å². The molecule has 0 amide bonds. The Balaban J connectivity index is 2.93. The van der Waals surface area contributed by atoms with E-state index < -0.39 is 18.7 Å². The van der Waals surface area contributed by atoms with Crippen molar-refractivity contribution >= 4 is 11.7 Å². The van der Waals surface area contributed by atoms with Gasteiger partial charge in [0.1, 0.15) is 5.82 Å². The van der Waals surface area contributed by atoms with Crippen LogP contribution in [-0.2, 0) is 0 Å². The van der Waals surface area contributed by atoms with Crippen molar-refractivity contribution in [2.45, 2.75) is 25.9 Å². The average molecular weight is 255 g/mol. The molecule has 1 rings (SSSR count). The SMILES string of the molecule is CC(C)c1ncc(NCC(O)CO)c(C(=O)O)n1. The number of nitrogens with one attached hydrogen (secondary N) is 1. The third-order valence-electron chi connectivity index (χ3n) is 2.27. The number of nitrogens with zero attached hydrogens (tertiary/aromatic N) is 2. The predicted molar refractivity (Wildman–Crippen MR) is 64.7 cm³/mol. The summed E-state index contributed by atoms with van der Waals surface area (Å²) in [7, 11) is 0. The van der Waals surface area contributed by atoms with Crippen LogP contribution in [0.25, 0.3) is 0 Å². The highest BCUT2D eigenvalue weighted by atomic mass is 16.4. The van der Waals surface area contributed by atoms with Crippen LogP contribution in [-0.4, -0.2) is 50.5 Å². The third-order valence-corrected chi connectivity index (χ3v) is 2.27. The summed E-state index contributed by atoms with van der Waals surface area (Å²) in [5.74, 6) is -0.693. The molecule has 100 valence electrons. The maximum Gasteiger partial charge on any atom is 0.356 e. The number of aromatic nitrogens is 2. The lowest BCUT2D eigenvalue weighted by Gasteiger charge is -2.13. The lowest BCUT2D eigenvalue weighted by Crippen LogP contribution is -2.24. The summed E-state index contributed by atoms with van der Waals surface area (Å²) in [6.45, 7) is 3.36. The summed E-state index contributed by atoms with van der Waals surface area (Å²) in [6, 6.07) is 0. The van der Waals surface area contributed by atoms with Crippen LogP contribution < -0.4 is 5.32 Å². The molecule has 1 aromatic rings. The number of hydrogen-bond donors (Lipinski definition) is 4. The second kappa shape index (κ2) is 6.27. The van der Waals surface area contributed by atoms with Gasteiger partial charge in [0, 0.05) is 12.5 Å². The Bertz CT molecular complexity index is 423. The number of aromatic carboxylic acids is 1. The average Bonchev–Trinajstić information content (AvgIpc) is 2.35. The Morgan fingerprint density at radius 3 is 2.67 bits per heavy atom. The first-order chi connectivity index (χ1) is 8.45. The van der Waals surface area contributed by atoms with Crippen molar-refractivity contribution in [2.75, 3.05) is 18.5 Å². The summed E-state index contributed by atoms with van der Waals surface area (Å²) in [6.07, 6.45) is 0.409. The fourth-order valence-corrected chi connectivity index (χ4v) is 1.26. The van der Waals surface area contributed by atoms with Crippen LogP contribution >= 0.6 is 0 Å². The van der Waals surface area contributed by atoms with Gasteiger partial charge in [0.05, 0.1) is 24.6 Å². The van der Waals surface area contributed by atoms with Crippen LogP contribution in [0.2, 0.25) is 0 Å². The minimum absolute atomic E-state index is 0.0279. The molecular formula is C11H17N3O4. The van der Waals surface area contributed by atoms with E-state index in [1.165, 1.54) is 6.20 Å². The van der Waals surface area contributed by atoms with Gasteiger partial charge < -0.3 is 20.6 Å². The van der Waals surface area contributed by atoms with E-state index in [1.807, 2.05) is 13.8 Å². The van der Waals surface area contributed by atoms with Crippen molar-refractivity contribution in [1.82, 2.24) is 9.97 Å². The van der Waals surface area contributed by atoms with E-state index in [0.717, 1.165) is 0 Å². The van der Waals surface area contributed by atoms with Crippen molar-refractivity contribution in [3.63, 3.8) is 0 Å². The summed E-state index contributed by atoms with van der Waals surface area (Å²) < 4.78 is 0. The molecule has 0 bridgehead atoms. The van der Waals surface area contributed by atoms with Crippen LogP contribution in [0.15, 0.2) is 6.20 Å². The van der Waals surface area contributed by atoms with Gasteiger partial charge in [-0.1, -0.05) is 13.8 Å². The van der Waals surface area contributed by atoms with Crippen LogP contribution in [0.5, 0.6) is 0 Å². The maximum atomic E-state index is 11.1. The molecule has 0 aliphatic carbocycles. The largest absolute Gasteiger partial charge is 0.476 e. The van der Waals surface area contributed by atoms with E-state index in [-0.39, 0.29) is 23.8 Å². The van der Waals surface area contributed by atoms with Crippen molar-refractivity contribution in [3.8, 4) is 0 Å². The molecule has 1 aromatic heterocycles. The van der Waals surface area contributed by atoms with Gasteiger partial charge in [0.2, 0.25) is 0 Å². The van der Waals surface area contributed by atoms with E-state index in [2.05, 4.69) is 15.3 Å². The fraction of sp³-hybridized carbons (Fsp3) is 0.545.